The quantitative estimate of drug-likeness (QED) is 0.915. The van der Waals surface area contributed by atoms with Crippen molar-refractivity contribution in [1.82, 2.24) is 25.0 Å². The Morgan fingerprint density at radius 3 is 3.00 bits per heavy atom. The molecular weight excluding hydrogens is 314 g/mol. The average molecular weight is 333 g/mol. The maximum atomic E-state index is 12.3. The highest BCUT2D eigenvalue weighted by Crippen LogP contribution is 2.21. The summed E-state index contributed by atoms with van der Waals surface area (Å²) in [5.41, 5.74) is 3.03. The van der Waals surface area contributed by atoms with Crippen LogP contribution in [0, 0.1) is 5.92 Å². The lowest BCUT2D eigenvalue weighted by Gasteiger charge is -2.35. The first kappa shape index (κ1) is 15.7. The Bertz CT molecular complexity index is 695. The summed E-state index contributed by atoms with van der Waals surface area (Å²) >= 11 is 1.38. The van der Waals surface area contributed by atoms with Gasteiger partial charge in [0.1, 0.15) is 5.69 Å². The molecule has 122 valence electrons. The minimum atomic E-state index is -0.202. The molecule has 1 atom stereocenters. The zero-order chi connectivity index (χ0) is 16.4. The molecule has 0 spiro atoms. The Kier molecular flexibility index (Phi) is 4.42. The van der Waals surface area contributed by atoms with Crippen LogP contribution in [0.3, 0.4) is 0 Å². The van der Waals surface area contributed by atoms with E-state index in [1.165, 1.54) is 11.3 Å². The Morgan fingerprint density at radius 1 is 1.48 bits per heavy atom. The number of hydrogen-bond donors (Lipinski definition) is 1. The second-order valence-corrected chi connectivity index (χ2v) is 6.60. The maximum Gasteiger partial charge on any atom is 0.270 e. The lowest BCUT2D eigenvalue weighted by atomic mass is 10.1. The van der Waals surface area contributed by atoms with E-state index in [9.17, 15) is 9.59 Å². The molecule has 2 amide bonds. The Hall–Kier alpha value is -2.22. The number of hydrogen-bond acceptors (Lipinski definition) is 5. The third-order valence-corrected chi connectivity index (χ3v) is 4.44. The summed E-state index contributed by atoms with van der Waals surface area (Å²) in [6, 6.07) is 1.84. The van der Waals surface area contributed by atoms with Gasteiger partial charge in [-0.2, -0.15) is 5.10 Å². The summed E-state index contributed by atoms with van der Waals surface area (Å²) in [7, 11) is 0. The highest BCUT2D eigenvalue weighted by atomic mass is 32.1. The number of fused-ring (bicyclic) bond motifs is 1. The largest absolute Gasteiger partial charge is 0.348 e. The molecule has 1 aliphatic rings. The summed E-state index contributed by atoms with van der Waals surface area (Å²) in [6.07, 6.45) is 1.73. The van der Waals surface area contributed by atoms with Crippen molar-refractivity contribution >= 4 is 23.2 Å². The van der Waals surface area contributed by atoms with E-state index < -0.39 is 0 Å². The van der Waals surface area contributed by atoms with Crippen LogP contribution in [0.15, 0.2) is 23.2 Å². The molecule has 3 heterocycles. The van der Waals surface area contributed by atoms with E-state index >= 15 is 0 Å². The molecule has 1 N–H and O–H groups in total. The van der Waals surface area contributed by atoms with Crippen molar-refractivity contribution in [2.45, 2.75) is 26.4 Å². The average Bonchev–Trinajstić information content (AvgIpc) is 3.21. The third-order valence-electron chi connectivity index (χ3n) is 3.85. The van der Waals surface area contributed by atoms with Gasteiger partial charge in [-0.15, -0.1) is 11.3 Å². The maximum absolute atomic E-state index is 12.3. The Labute approximate surface area is 138 Å². The molecule has 0 aliphatic carbocycles. The van der Waals surface area contributed by atoms with Gasteiger partial charge in [-0.3, -0.25) is 14.3 Å². The predicted molar refractivity (Wildman–Crippen MR) is 86.0 cm³/mol. The van der Waals surface area contributed by atoms with E-state index in [4.69, 9.17) is 0 Å². The van der Waals surface area contributed by atoms with Gasteiger partial charge in [-0.1, -0.05) is 13.8 Å². The molecule has 0 unspecified atom stereocenters. The number of carbonyl (C=O) groups is 2. The number of amides is 2. The standard InChI is InChI=1S/C15H19N5O2S/c1-10(2)15(22)19-6-11-3-4-18-20(11)12(7-19)5-16-14(21)13-8-23-9-17-13/h3-4,8-10,12H,5-7H2,1-2H3,(H,16,21)/t12-/m1/s1. The van der Waals surface area contributed by atoms with Crippen LogP contribution in [-0.4, -0.2) is 44.6 Å². The van der Waals surface area contributed by atoms with Gasteiger partial charge in [-0.05, 0) is 6.07 Å². The van der Waals surface area contributed by atoms with Gasteiger partial charge in [0.05, 0.1) is 23.8 Å². The predicted octanol–water partition coefficient (Wildman–Crippen LogP) is 1.31. The minimum absolute atomic E-state index is 0.0466. The molecule has 0 bridgehead atoms. The first-order valence-electron chi connectivity index (χ1n) is 7.54. The van der Waals surface area contributed by atoms with Crippen LogP contribution >= 0.6 is 11.3 Å². The number of aromatic nitrogens is 3. The van der Waals surface area contributed by atoms with Crippen molar-refractivity contribution in [1.29, 1.82) is 0 Å². The number of carbonyl (C=O) groups excluding carboxylic acids is 2. The lowest BCUT2D eigenvalue weighted by molar-refractivity contribution is -0.136. The Balaban J connectivity index is 1.70. The second-order valence-electron chi connectivity index (χ2n) is 5.88. The van der Waals surface area contributed by atoms with Crippen LogP contribution in [0.2, 0.25) is 0 Å². The topological polar surface area (TPSA) is 80.1 Å². The molecule has 3 rings (SSSR count). The summed E-state index contributed by atoms with van der Waals surface area (Å²) in [5, 5.41) is 8.92. The van der Waals surface area contributed by atoms with Crippen molar-refractivity contribution in [2.75, 3.05) is 13.1 Å². The molecule has 2 aromatic heterocycles. The summed E-state index contributed by atoms with van der Waals surface area (Å²) < 4.78 is 1.89. The van der Waals surface area contributed by atoms with Gasteiger partial charge >= 0.3 is 0 Å². The SMILES string of the molecule is CC(C)C(=O)N1Cc2ccnn2[C@H](CNC(=O)c2cscn2)C1. The summed E-state index contributed by atoms with van der Waals surface area (Å²) in [5.74, 6) is -0.129. The minimum Gasteiger partial charge on any atom is -0.348 e. The normalized spacial score (nSPS) is 17.2. The lowest BCUT2D eigenvalue weighted by Crippen LogP contribution is -2.46. The molecule has 23 heavy (non-hydrogen) atoms. The molecule has 0 saturated carbocycles. The zero-order valence-corrected chi connectivity index (χ0v) is 13.9. The van der Waals surface area contributed by atoms with E-state index in [0.717, 1.165) is 5.69 Å². The highest BCUT2D eigenvalue weighted by Gasteiger charge is 2.29. The van der Waals surface area contributed by atoms with E-state index in [0.29, 0.717) is 25.3 Å². The van der Waals surface area contributed by atoms with Crippen LogP contribution in [0.5, 0.6) is 0 Å². The third kappa shape index (κ3) is 3.26. The van der Waals surface area contributed by atoms with E-state index in [2.05, 4.69) is 15.4 Å². The molecule has 7 nitrogen and oxygen atoms in total. The zero-order valence-electron chi connectivity index (χ0n) is 13.1. The second kappa shape index (κ2) is 6.49. The van der Waals surface area contributed by atoms with Crippen LogP contribution in [-0.2, 0) is 11.3 Å². The molecule has 0 saturated heterocycles. The fraction of sp³-hybridized carbons (Fsp3) is 0.467. The molecule has 0 aromatic carbocycles. The van der Waals surface area contributed by atoms with Gasteiger partial charge in [0.15, 0.2) is 0 Å². The smallest absolute Gasteiger partial charge is 0.270 e. The summed E-state index contributed by atoms with van der Waals surface area (Å²) in [6.45, 7) is 5.31. The van der Waals surface area contributed by atoms with Gasteiger partial charge in [0.2, 0.25) is 5.91 Å². The fourth-order valence-corrected chi connectivity index (χ4v) is 3.23. The number of nitrogens with one attached hydrogen (secondary N) is 1. The van der Waals surface area contributed by atoms with Crippen molar-refractivity contribution in [3.63, 3.8) is 0 Å². The highest BCUT2D eigenvalue weighted by molar-refractivity contribution is 7.07. The fourth-order valence-electron chi connectivity index (χ4n) is 2.70. The number of nitrogens with zero attached hydrogens (tertiary/aromatic N) is 4. The van der Waals surface area contributed by atoms with Gasteiger partial charge in [0.25, 0.3) is 5.91 Å². The molecule has 2 aromatic rings. The first-order valence-corrected chi connectivity index (χ1v) is 8.48. The molecule has 8 heteroatoms. The van der Waals surface area contributed by atoms with Gasteiger partial charge in [-0.25, -0.2) is 4.98 Å². The van der Waals surface area contributed by atoms with E-state index in [-0.39, 0.29) is 23.8 Å². The van der Waals surface area contributed by atoms with Crippen LogP contribution in [0.25, 0.3) is 0 Å². The van der Waals surface area contributed by atoms with Gasteiger partial charge < -0.3 is 10.2 Å². The molecule has 0 radical (unpaired) electrons. The Morgan fingerprint density at radius 2 is 2.30 bits per heavy atom. The number of rotatable bonds is 4. The summed E-state index contributed by atoms with van der Waals surface area (Å²) in [4.78, 5) is 30.2. The van der Waals surface area contributed by atoms with Crippen LogP contribution < -0.4 is 5.32 Å². The van der Waals surface area contributed by atoms with Crippen molar-refractivity contribution < 1.29 is 9.59 Å². The van der Waals surface area contributed by atoms with Gasteiger partial charge in [0, 0.05) is 30.6 Å². The molecule has 0 fully saturated rings. The monoisotopic (exact) mass is 333 g/mol. The van der Waals surface area contributed by atoms with E-state index in [1.807, 2.05) is 29.5 Å². The number of thiazole rings is 1. The molecule has 1 aliphatic heterocycles. The van der Waals surface area contributed by atoms with Crippen molar-refractivity contribution in [2.24, 2.45) is 5.92 Å². The van der Waals surface area contributed by atoms with Crippen molar-refractivity contribution in [3.05, 3.63) is 34.5 Å². The van der Waals surface area contributed by atoms with Crippen LogP contribution in [0.1, 0.15) is 36.1 Å². The van der Waals surface area contributed by atoms with E-state index in [1.54, 1.807) is 17.1 Å². The van der Waals surface area contributed by atoms with Crippen LogP contribution in [0.4, 0.5) is 0 Å². The van der Waals surface area contributed by atoms with Crippen molar-refractivity contribution in [3.8, 4) is 0 Å². The molecular formula is C15H19N5O2S. The first-order chi connectivity index (χ1) is 11.1.